The monoisotopic (exact) mass is 452 g/mol. The summed E-state index contributed by atoms with van der Waals surface area (Å²) in [5.74, 6) is -0.396. The van der Waals surface area contributed by atoms with E-state index in [1.165, 1.54) is 6.92 Å². The fourth-order valence-corrected chi connectivity index (χ4v) is 4.06. The minimum Gasteiger partial charge on any atom is -0.326 e. The number of aromatic nitrogens is 2. The van der Waals surface area contributed by atoms with E-state index in [0.717, 1.165) is 47.1 Å². The van der Waals surface area contributed by atoms with E-state index in [4.69, 9.17) is 0 Å². The van der Waals surface area contributed by atoms with Crippen LogP contribution in [0.5, 0.6) is 0 Å². The number of hydrogen-bond donors (Lipinski definition) is 2. The number of carbonyl (C=O) groups is 2. The SMILES string of the molecule is CC(=O)Nc1cccc(NC(=O)c2nn(-c3cccc(Br)c3)c3c2CCCC3)c1. The van der Waals surface area contributed by atoms with Crippen LogP contribution in [0.15, 0.2) is 53.0 Å². The lowest BCUT2D eigenvalue weighted by molar-refractivity contribution is -0.114. The molecular formula is C22H21BrN4O2. The molecule has 7 heteroatoms. The summed E-state index contributed by atoms with van der Waals surface area (Å²) in [6.07, 6.45) is 3.89. The molecule has 3 aromatic rings. The van der Waals surface area contributed by atoms with Gasteiger partial charge in [0.1, 0.15) is 0 Å². The molecule has 0 aliphatic heterocycles. The van der Waals surface area contributed by atoms with Gasteiger partial charge in [-0.3, -0.25) is 9.59 Å². The first-order chi connectivity index (χ1) is 14.0. The summed E-state index contributed by atoms with van der Waals surface area (Å²) in [5, 5.41) is 10.3. The number of nitrogens with one attached hydrogen (secondary N) is 2. The zero-order chi connectivity index (χ0) is 20.4. The second-order valence-electron chi connectivity index (χ2n) is 7.09. The third kappa shape index (κ3) is 4.24. The van der Waals surface area contributed by atoms with Crippen LogP contribution in [0.25, 0.3) is 5.69 Å². The third-order valence-electron chi connectivity index (χ3n) is 4.89. The number of nitrogens with zero attached hydrogens (tertiary/aromatic N) is 2. The van der Waals surface area contributed by atoms with Crippen LogP contribution in [0.4, 0.5) is 11.4 Å². The van der Waals surface area contributed by atoms with Gasteiger partial charge >= 0.3 is 0 Å². The molecule has 148 valence electrons. The van der Waals surface area contributed by atoms with Crippen LogP contribution in [0.2, 0.25) is 0 Å². The van der Waals surface area contributed by atoms with Crippen molar-refractivity contribution in [3.63, 3.8) is 0 Å². The first kappa shape index (κ1) is 19.4. The van der Waals surface area contributed by atoms with Gasteiger partial charge in [-0.15, -0.1) is 0 Å². The lowest BCUT2D eigenvalue weighted by Gasteiger charge is -2.14. The predicted octanol–water partition coefficient (Wildman–Crippen LogP) is 4.72. The molecule has 2 aromatic carbocycles. The van der Waals surface area contributed by atoms with Crippen LogP contribution in [0.3, 0.4) is 0 Å². The largest absolute Gasteiger partial charge is 0.326 e. The summed E-state index contributed by atoms with van der Waals surface area (Å²) in [6.45, 7) is 1.45. The van der Waals surface area contributed by atoms with Crippen molar-refractivity contribution < 1.29 is 9.59 Å². The van der Waals surface area contributed by atoms with Gasteiger partial charge in [0, 0.05) is 34.0 Å². The van der Waals surface area contributed by atoms with Crippen LogP contribution in [-0.2, 0) is 17.6 Å². The Morgan fingerprint density at radius 2 is 1.72 bits per heavy atom. The molecular weight excluding hydrogens is 432 g/mol. The summed E-state index contributed by atoms with van der Waals surface area (Å²) >= 11 is 3.51. The molecule has 0 saturated heterocycles. The summed E-state index contributed by atoms with van der Waals surface area (Å²) in [5.41, 5.74) is 4.77. The molecule has 0 radical (unpaired) electrons. The van der Waals surface area contributed by atoms with Crippen molar-refractivity contribution in [3.05, 3.63) is 70.0 Å². The van der Waals surface area contributed by atoms with E-state index in [2.05, 4.69) is 31.7 Å². The predicted molar refractivity (Wildman–Crippen MR) is 117 cm³/mol. The highest BCUT2D eigenvalue weighted by molar-refractivity contribution is 9.10. The molecule has 1 aliphatic carbocycles. The smallest absolute Gasteiger partial charge is 0.276 e. The van der Waals surface area contributed by atoms with Gasteiger partial charge in [0.25, 0.3) is 5.91 Å². The quantitative estimate of drug-likeness (QED) is 0.600. The van der Waals surface area contributed by atoms with Crippen LogP contribution < -0.4 is 10.6 Å². The molecule has 1 aromatic heterocycles. The van der Waals surface area contributed by atoms with Gasteiger partial charge in [0.15, 0.2) is 5.69 Å². The van der Waals surface area contributed by atoms with E-state index < -0.39 is 0 Å². The molecule has 6 nitrogen and oxygen atoms in total. The second-order valence-corrected chi connectivity index (χ2v) is 8.00. The first-order valence-corrected chi connectivity index (χ1v) is 10.4. The number of anilines is 2. The Bertz CT molecular complexity index is 1090. The average Bonchev–Trinajstić information content (AvgIpc) is 3.08. The molecule has 0 spiro atoms. The van der Waals surface area contributed by atoms with Crippen molar-refractivity contribution in [3.8, 4) is 5.69 Å². The van der Waals surface area contributed by atoms with Gasteiger partial charge in [0.2, 0.25) is 5.91 Å². The molecule has 0 fully saturated rings. The fourth-order valence-electron chi connectivity index (χ4n) is 3.67. The zero-order valence-corrected chi connectivity index (χ0v) is 17.6. The van der Waals surface area contributed by atoms with Gasteiger partial charge in [-0.05, 0) is 62.1 Å². The fraction of sp³-hybridized carbons (Fsp3) is 0.227. The second kappa shape index (κ2) is 8.21. The molecule has 1 heterocycles. The molecule has 4 rings (SSSR count). The highest BCUT2D eigenvalue weighted by Gasteiger charge is 2.25. The van der Waals surface area contributed by atoms with Crippen LogP contribution in [-0.4, -0.2) is 21.6 Å². The van der Waals surface area contributed by atoms with E-state index in [1.54, 1.807) is 24.3 Å². The molecule has 0 saturated carbocycles. The number of rotatable bonds is 4. The summed E-state index contributed by atoms with van der Waals surface area (Å²) in [6, 6.07) is 15.0. The molecule has 0 atom stereocenters. The minimum atomic E-state index is -0.239. The molecule has 0 bridgehead atoms. The van der Waals surface area contributed by atoms with Gasteiger partial charge in [0.05, 0.1) is 5.69 Å². The molecule has 1 aliphatic rings. The Morgan fingerprint density at radius 3 is 2.48 bits per heavy atom. The van der Waals surface area contributed by atoms with E-state index in [9.17, 15) is 9.59 Å². The Labute approximate surface area is 177 Å². The summed E-state index contributed by atoms with van der Waals surface area (Å²) in [4.78, 5) is 24.3. The Kier molecular flexibility index (Phi) is 5.49. The molecule has 2 amide bonds. The zero-order valence-electron chi connectivity index (χ0n) is 16.0. The van der Waals surface area contributed by atoms with E-state index in [-0.39, 0.29) is 11.8 Å². The van der Waals surface area contributed by atoms with Crippen LogP contribution in [0, 0.1) is 0 Å². The molecule has 2 N–H and O–H groups in total. The van der Waals surface area contributed by atoms with E-state index >= 15 is 0 Å². The van der Waals surface area contributed by atoms with Gasteiger partial charge in [-0.2, -0.15) is 5.10 Å². The number of halogens is 1. The van der Waals surface area contributed by atoms with Crippen LogP contribution in [0.1, 0.15) is 41.5 Å². The van der Waals surface area contributed by atoms with Crippen molar-refractivity contribution in [1.82, 2.24) is 9.78 Å². The lowest BCUT2D eigenvalue weighted by atomic mass is 9.95. The standard InChI is InChI=1S/C22H21BrN4O2/c1-14(28)24-16-7-5-8-17(13-16)25-22(29)21-19-10-2-3-11-20(19)27(26-21)18-9-4-6-15(23)12-18/h4-9,12-13H,2-3,10-11H2,1H3,(H,24,28)(H,25,29). The first-order valence-electron chi connectivity index (χ1n) is 9.57. The molecule has 0 unspecified atom stereocenters. The van der Waals surface area contributed by atoms with E-state index in [0.29, 0.717) is 17.1 Å². The van der Waals surface area contributed by atoms with Gasteiger partial charge in [-0.1, -0.05) is 28.1 Å². The maximum Gasteiger partial charge on any atom is 0.276 e. The van der Waals surface area contributed by atoms with Crippen molar-refractivity contribution in [2.45, 2.75) is 32.6 Å². The van der Waals surface area contributed by atoms with Crippen LogP contribution >= 0.6 is 15.9 Å². The highest BCUT2D eigenvalue weighted by atomic mass is 79.9. The van der Waals surface area contributed by atoms with Crippen molar-refractivity contribution >= 4 is 39.1 Å². The van der Waals surface area contributed by atoms with Crippen molar-refractivity contribution in [2.75, 3.05) is 10.6 Å². The highest BCUT2D eigenvalue weighted by Crippen LogP contribution is 2.28. The number of benzene rings is 2. The minimum absolute atomic E-state index is 0.157. The lowest BCUT2D eigenvalue weighted by Crippen LogP contribution is -2.16. The Balaban J connectivity index is 1.66. The normalized spacial score (nSPS) is 12.9. The average molecular weight is 453 g/mol. The van der Waals surface area contributed by atoms with E-state index in [1.807, 2.05) is 28.9 Å². The topological polar surface area (TPSA) is 76.0 Å². The summed E-state index contributed by atoms with van der Waals surface area (Å²) in [7, 11) is 0. The maximum absolute atomic E-state index is 13.0. The Hall–Kier alpha value is -2.93. The van der Waals surface area contributed by atoms with Crippen molar-refractivity contribution in [1.29, 1.82) is 0 Å². The van der Waals surface area contributed by atoms with Crippen molar-refractivity contribution in [2.24, 2.45) is 0 Å². The summed E-state index contributed by atoms with van der Waals surface area (Å²) < 4.78 is 2.86. The number of hydrogen-bond acceptors (Lipinski definition) is 3. The molecule has 29 heavy (non-hydrogen) atoms. The number of carbonyl (C=O) groups excluding carboxylic acids is 2. The third-order valence-corrected chi connectivity index (χ3v) is 5.38. The maximum atomic E-state index is 13.0. The number of amides is 2. The number of fused-ring (bicyclic) bond motifs is 1. The van der Waals surface area contributed by atoms with Gasteiger partial charge in [-0.25, -0.2) is 4.68 Å². The van der Waals surface area contributed by atoms with Gasteiger partial charge < -0.3 is 10.6 Å². The Morgan fingerprint density at radius 1 is 1.00 bits per heavy atom.